The van der Waals surface area contributed by atoms with E-state index in [0.717, 1.165) is 57.8 Å². The number of unbranched alkanes of at least 4 members (excludes halogenated alkanes) is 14. The molecule has 1 N–H and O–H groups in total. The highest BCUT2D eigenvalue weighted by molar-refractivity contribution is 7.47. The lowest BCUT2D eigenvalue weighted by atomic mass is 10.1. The maximum Gasteiger partial charge on any atom is 0.472 e. The fourth-order valence-corrected chi connectivity index (χ4v) is 6.62. The predicted molar refractivity (Wildman–Crippen MR) is 251 cm³/mol. The first-order valence-electron chi connectivity index (χ1n) is 23.3. The Balaban J connectivity index is 4.31. The molecule has 9 heteroatoms. The summed E-state index contributed by atoms with van der Waals surface area (Å²) in [5.74, 6) is -0.346. The molecule has 0 aromatic rings. The van der Waals surface area contributed by atoms with Crippen LogP contribution >= 0.6 is 7.82 Å². The number of nitrogens with zero attached hydrogens (tertiary/aromatic N) is 1. The molecule has 0 heterocycles. The van der Waals surface area contributed by atoms with Gasteiger partial charge >= 0.3 is 13.8 Å². The van der Waals surface area contributed by atoms with E-state index in [4.69, 9.17) is 18.5 Å². The van der Waals surface area contributed by atoms with Crippen molar-refractivity contribution in [3.8, 4) is 0 Å². The van der Waals surface area contributed by atoms with Crippen molar-refractivity contribution in [1.29, 1.82) is 0 Å². The van der Waals surface area contributed by atoms with Crippen molar-refractivity contribution in [2.75, 3.05) is 54.1 Å². The molecular weight excluding hydrogens is 758 g/mol. The number of quaternary nitrogens is 1. The summed E-state index contributed by atoms with van der Waals surface area (Å²) in [7, 11) is 1.61. The lowest BCUT2D eigenvalue weighted by molar-refractivity contribution is -0.870. The molecule has 2 unspecified atom stereocenters. The third-order valence-corrected chi connectivity index (χ3v) is 10.4. The number of allylic oxidation sites excluding steroid dienone is 13. The van der Waals surface area contributed by atoms with Crippen LogP contribution in [0.1, 0.15) is 168 Å². The number of phosphoric ester groups is 1. The van der Waals surface area contributed by atoms with Gasteiger partial charge in [-0.15, -0.1) is 0 Å². The maximum atomic E-state index is 12.7. The van der Waals surface area contributed by atoms with Crippen molar-refractivity contribution in [3.05, 3.63) is 85.1 Å². The van der Waals surface area contributed by atoms with Crippen molar-refractivity contribution in [3.63, 3.8) is 0 Å². The highest BCUT2D eigenvalue weighted by Crippen LogP contribution is 2.43. The van der Waals surface area contributed by atoms with Gasteiger partial charge in [0.05, 0.1) is 41.0 Å². The molecule has 0 aromatic heterocycles. The molecule has 0 saturated carbocycles. The fourth-order valence-electron chi connectivity index (χ4n) is 5.88. The zero-order valence-corrected chi connectivity index (χ0v) is 39.4. The summed E-state index contributed by atoms with van der Waals surface area (Å²) >= 11 is 0. The van der Waals surface area contributed by atoms with Crippen molar-refractivity contribution in [1.82, 2.24) is 0 Å². The van der Waals surface area contributed by atoms with Crippen LogP contribution in [0.3, 0.4) is 0 Å². The Morgan fingerprint density at radius 2 is 0.983 bits per heavy atom. The zero-order valence-electron chi connectivity index (χ0n) is 38.5. The molecule has 8 nitrogen and oxygen atoms in total. The Labute approximate surface area is 363 Å². The van der Waals surface area contributed by atoms with Gasteiger partial charge in [0.25, 0.3) is 0 Å². The molecule has 0 aliphatic rings. The van der Waals surface area contributed by atoms with Crippen LogP contribution in [0.2, 0.25) is 0 Å². The average Bonchev–Trinajstić information content (AvgIpc) is 3.19. The largest absolute Gasteiger partial charge is 0.472 e. The molecule has 0 aromatic carbocycles. The lowest BCUT2D eigenvalue weighted by Crippen LogP contribution is -2.37. The van der Waals surface area contributed by atoms with E-state index in [2.05, 4.69) is 98.9 Å². The van der Waals surface area contributed by atoms with Gasteiger partial charge in [-0.1, -0.05) is 170 Å². The van der Waals surface area contributed by atoms with Gasteiger partial charge in [0, 0.05) is 6.42 Å². The highest BCUT2D eigenvalue weighted by Gasteiger charge is 2.26. The summed E-state index contributed by atoms with van der Waals surface area (Å²) in [5.41, 5.74) is 0. The van der Waals surface area contributed by atoms with Crippen molar-refractivity contribution < 1.29 is 37.3 Å². The Morgan fingerprint density at radius 1 is 0.542 bits per heavy atom. The highest BCUT2D eigenvalue weighted by atomic mass is 31.2. The smallest absolute Gasteiger partial charge is 0.457 e. The second-order valence-electron chi connectivity index (χ2n) is 16.4. The van der Waals surface area contributed by atoms with Crippen LogP contribution in [0, 0.1) is 0 Å². The quantitative estimate of drug-likeness (QED) is 0.0215. The normalized spacial score (nSPS) is 14.5. The van der Waals surface area contributed by atoms with Gasteiger partial charge in [-0.2, -0.15) is 0 Å². The molecule has 59 heavy (non-hydrogen) atoms. The Morgan fingerprint density at radius 3 is 1.47 bits per heavy atom. The summed E-state index contributed by atoms with van der Waals surface area (Å²) in [6.45, 7) is 5.25. The van der Waals surface area contributed by atoms with Gasteiger partial charge in [-0.25, -0.2) is 4.57 Å². The van der Waals surface area contributed by atoms with Crippen molar-refractivity contribution in [2.24, 2.45) is 0 Å². The standard InChI is InChI=1S/C50H88NO7P/c1-6-8-10-12-14-16-18-20-22-24-25-26-27-28-29-31-33-35-37-39-41-43-50(52)58-49(48-57-59(53,54)56-46-44-51(3,4)5)47-55-45-42-40-38-36-34-32-30-23-21-19-17-15-13-11-9-7-2/h9,11,15,17-18,20-21,23-25,32,34,38,40,49H,6-8,10,12-14,16,19,22,26-31,33,35-37,39,41-48H2,1-5H3/p+1/b11-9-,17-15-,20-18-,23-21-,25-24-,34-32-,40-38-. The van der Waals surface area contributed by atoms with Gasteiger partial charge in [-0.05, 0) is 77.0 Å². The summed E-state index contributed by atoms with van der Waals surface area (Å²) in [6, 6.07) is 0. The van der Waals surface area contributed by atoms with E-state index < -0.39 is 13.9 Å². The van der Waals surface area contributed by atoms with E-state index in [1.807, 2.05) is 21.1 Å². The predicted octanol–water partition coefficient (Wildman–Crippen LogP) is 14.1. The number of rotatable bonds is 42. The second-order valence-corrected chi connectivity index (χ2v) is 17.9. The Bertz CT molecular complexity index is 1210. The molecule has 0 spiro atoms. The minimum absolute atomic E-state index is 0.0702. The Hall–Kier alpha value is -2.32. The van der Waals surface area contributed by atoms with Gasteiger partial charge in [0.1, 0.15) is 19.3 Å². The van der Waals surface area contributed by atoms with Crippen molar-refractivity contribution >= 4 is 13.8 Å². The lowest BCUT2D eigenvalue weighted by Gasteiger charge is -2.24. The van der Waals surface area contributed by atoms with Crippen LogP contribution < -0.4 is 0 Å². The average molecular weight is 847 g/mol. The minimum Gasteiger partial charge on any atom is -0.457 e. The van der Waals surface area contributed by atoms with Gasteiger partial charge in [-0.3, -0.25) is 13.8 Å². The molecule has 0 amide bonds. The second kappa shape index (κ2) is 42.4. The summed E-state index contributed by atoms with van der Waals surface area (Å²) in [5, 5.41) is 0. The van der Waals surface area contributed by atoms with Crippen LogP contribution in [0.25, 0.3) is 0 Å². The minimum atomic E-state index is -4.30. The van der Waals surface area contributed by atoms with Crippen LogP contribution in [0.5, 0.6) is 0 Å². The number of hydrogen-bond acceptors (Lipinski definition) is 6. The molecule has 340 valence electrons. The van der Waals surface area contributed by atoms with E-state index in [1.165, 1.54) is 83.5 Å². The molecule has 0 aliphatic heterocycles. The van der Waals surface area contributed by atoms with Crippen LogP contribution in [0.4, 0.5) is 0 Å². The van der Waals surface area contributed by atoms with Gasteiger partial charge < -0.3 is 18.9 Å². The number of ether oxygens (including phenoxy) is 2. The van der Waals surface area contributed by atoms with Gasteiger partial charge in [0.15, 0.2) is 0 Å². The summed E-state index contributed by atoms with van der Waals surface area (Å²) < 4.78 is 34.9. The molecule has 0 saturated heterocycles. The number of phosphoric acid groups is 1. The van der Waals surface area contributed by atoms with Crippen LogP contribution in [-0.2, 0) is 27.9 Å². The zero-order chi connectivity index (χ0) is 43.4. The number of esters is 1. The summed E-state index contributed by atoms with van der Waals surface area (Å²) in [4.78, 5) is 22.9. The number of carbonyl (C=O) groups excluding carboxylic acids is 1. The van der Waals surface area contributed by atoms with Crippen LogP contribution in [0.15, 0.2) is 85.1 Å². The third-order valence-electron chi connectivity index (χ3n) is 9.46. The fraction of sp³-hybridized carbons (Fsp3) is 0.700. The molecule has 0 fully saturated rings. The first-order valence-corrected chi connectivity index (χ1v) is 24.8. The third kappa shape index (κ3) is 46.6. The van der Waals surface area contributed by atoms with Gasteiger partial charge in [0.2, 0.25) is 0 Å². The topological polar surface area (TPSA) is 91.3 Å². The molecule has 2 atom stereocenters. The maximum absolute atomic E-state index is 12.7. The molecule has 0 rings (SSSR count). The van der Waals surface area contributed by atoms with E-state index in [0.29, 0.717) is 30.5 Å². The SMILES string of the molecule is CC/C=C\C/C=C\C/C=C\C/C=C\C/C=C\CCOCC(COP(=O)(O)OCC[N+](C)(C)C)OC(=O)CCCCCCCCCCC/C=C\C/C=C\CCCCCCC. The number of carbonyl (C=O) groups is 1. The van der Waals surface area contributed by atoms with E-state index in [-0.39, 0.29) is 25.8 Å². The van der Waals surface area contributed by atoms with E-state index in [9.17, 15) is 14.3 Å². The molecule has 0 aliphatic carbocycles. The summed E-state index contributed by atoms with van der Waals surface area (Å²) in [6.07, 6.45) is 56.5. The molecule has 0 bridgehead atoms. The molecule has 0 radical (unpaired) electrons. The first-order chi connectivity index (χ1) is 28.6. The molecular formula is C50H89NO7P+. The first kappa shape index (κ1) is 56.7. The Kier molecular flexibility index (Phi) is 40.7. The van der Waals surface area contributed by atoms with Crippen molar-refractivity contribution in [2.45, 2.75) is 174 Å². The van der Waals surface area contributed by atoms with E-state index >= 15 is 0 Å². The monoisotopic (exact) mass is 847 g/mol. The van der Waals surface area contributed by atoms with Crippen LogP contribution in [-0.4, -0.2) is 75.6 Å². The number of likely N-dealkylation sites (N-methyl/N-ethyl adjacent to an activating group) is 1. The van der Waals surface area contributed by atoms with E-state index in [1.54, 1.807) is 0 Å². The number of hydrogen-bond donors (Lipinski definition) is 1.